The molecule has 1 atom stereocenters. The van der Waals surface area contributed by atoms with E-state index in [0.717, 1.165) is 11.1 Å². The summed E-state index contributed by atoms with van der Waals surface area (Å²) in [5, 5.41) is 9.22. The Bertz CT molecular complexity index is 571. The van der Waals surface area contributed by atoms with E-state index in [0.29, 0.717) is 5.52 Å². The van der Waals surface area contributed by atoms with Crippen LogP contribution in [0.5, 0.6) is 5.75 Å². The van der Waals surface area contributed by atoms with Crippen molar-refractivity contribution in [1.82, 2.24) is 4.98 Å². The minimum absolute atomic E-state index is 0.126. The summed E-state index contributed by atoms with van der Waals surface area (Å²) in [6.07, 6.45) is -2.39. The van der Waals surface area contributed by atoms with Gasteiger partial charge in [-0.3, -0.25) is 0 Å². The number of halogens is 1. The smallest absolute Gasteiger partial charge is 0.378 e. The topological polar surface area (TPSA) is 59.4 Å². The van der Waals surface area contributed by atoms with Gasteiger partial charge in [0.05, 0.1) is 0 Å². The van der Waals surface area contributed by atoms with E-state index in [2.05, 4.69) is 4.98 Å². The zero-order valence-electron chi connectivity index (χ0n) is 9.05. The first kappa shape index (κ1) is 11.3. The fraction of sp³-hybridized carbons (Fsp3) is 0.167. The Balaban J connectivity index is 2.46. The summed E-state index contributed by atoms with van der Waals surface area (Å²) in [5.41, 5.74) is 1.20. The maximum atomic E-state index is 13.0. The highest BCUT2D eigenvalue weighted by molar-refractivity contribution is 5.85. The van der Waals surface area contributed by atoms with Gasteiger partial charge in [-0.05, 0) is 19.1 Å². The van der Waals surface area contributed by atoms with E-state index in [1.54, 1.807) is 19.1 Å². The number of aromatic nitrogens is 1. The van der Waals surface area contributed by atoms with Crippen LogP contribution in [0.1, 0.15) is 5.69 Å². The number of rotatable bonds is 3. The van der Waals surface area contributed by atoms with Crippen molar-refractivity contribution in [2.75, 3.05) is 0 Å². The number of para-hydroxylation sites is 1. The van der Waals surface area contributed by atoms with Crippen LogP contribution in [0, 0.1) is 6.92 Å². The standard InChI is InChI=1S/C12H10FNO3/c1-7-5-6-8-3-2-4-9(10(8)14-7)17-11(13)12(15)16/h2-6,11H,1H3,(H,15,16). The van der Waals surface area contributed by atoms with Gasteiger partial charge >= 0.3 is 12.3 Å². The van der Waals surface area contributed by atoms with Gasteiger partial charge in [-0.2, -0.15) is 4.39 Å². The molecule has 0 aliphatic carbocycles. The molecule has 1 unspecified atom stereocenters. The van der Waals surface area contributed by atoms with Crippen LogP contribution in [0.15, 0.2) is 30.3 Å². The van der Waals surface area contributed by atoms with E-state index in [1.165, 1.54) is 6.07 Å². The maximum Gasteiger partial charge on any atom is 0.378 e. The average molecular weight is 235 g/mol. The summed E-state index contributed by atoms with van der Waals surface area (Å²) in [4.78, 5) is 14.6. The normalized spacial score (nSPS) is 12.4. The van der Waals surface area contributed by atoms with Crippen LogP contribution < -0.4 is 4.74 Å². The number of hydrogen-bond donors (Lipinski definition) is 1. The molecule has 0 aliphatic heterocycles. The number of hydrogen-bond acceptors (Lipinski definition) is 3. The summed E-state index contributed by atoms with van der Waals surface area (Å²) >= 11 is 0. The van der Waals surface area contributed by atoms with Crippen LogP contribution >= 0.6 is 0 Å². The van der Waals surface area contributed by atoms with Crippen molar-refractivity contribution in [1.29, 1.82) is 0 Å². The van der Waals surface area contributed by atoms with Gasteiger partial charge in [-0.25, -0.2) is 9.78 Å². The van der Waals surface area contributed by atoms with Gasteiger partial charge in [0.1, 0.15) is 11.3 Å². The molecule has 5 heteroatoms. The molecule has 0 saturated heterocycles. The molecule has 17 heavy (non-hydrogen) atoms. The third kappa shape index (κ3) is 2.33. The monoisotopic (exact) mass is 235 g/mol. The number of carboxylic acid groups (broad SMARTS) is 1. The Morgan fingerprint density at radius 2 is 2.18 bits per heavy atom. The number of fused-ring (bicyclic) bond motifs is 1. The first-order valence-electron chi connectivity index (χ1n) is 4.98. The first-order chi connectivity index (χ1) is 8.08. The SMILES string of the molecule is Cc1ccc2cccc(OC(F)C(=O)O)c2n1. The second-order valence-electron chi connectivity index (χ2n) is 3.55. The van der Waals surface area contributed by atoms with E-state index in [4.69, 9.17) is 9.84 Å². The Labute approximate surface area is 96.7 Å². The number of alkyl halides is 1. The molecule has 0 bridgehead atoms. The first-order valence-corrected chi connectivity index (χ1v) is 4.98. The lowest BCUT2D eigenvalue weighted by Gasteiger charge is -2.09. The minimum Gasteiger partial charge on any atom is -0.476 e. The van der Waals surface area contributed by atoms with Crippen molar-refractivity contribution in [3.8, 4) is 5.75 Å². The van der Waals surface area contributed by atoms with Gasteiger partial charge in [-0.15, -0.1) is 0 Å². The number of aryl methyl sites for hydroxylation is 1. The largest absolute Gasteiger partial charge is 0.476 e. The Morgan fingerprint density at radius 3 is 2.88 bits per heavy atom. The molecular formula is C12H10FNO3. The third-order valence-electron chi connectivity index (χ3n) is 2.25. The molecule has 1 N–H and O–H groups in total. The van der Waals surface area contributed by atoms with Crippen molar-refractivity contribution in [3.05, 3.63) is 36.0 Å². The number of pyridine rings is 1. The van der Waals surface area contributed by atoms with Crippen molar-refractivity contribution < 1.29 is 19.0 Å². The van der Waals surface area contributed by atoms with Crippen LogP contribution in [0.3, 0.4) is 0 Å². The third-order valence-corrected chi connectivity index (χ3v) is 2.25. The second-order valence-corrected chi connectivity index (χ2v) is 3.55. The van der Waals surface area contributed by atoms with Crippen molar-refractivity contribution in [2.24, 2.45) is 0 Å². The lowest BCUT2D eigenvalue weighted by Crippen LogP contribution is -2.21. The van der Waals surface area contributed by atoms with Gasteiger partial charge in [0.2, 0.25) is 0 Å². The molecule has 2 aromatic rings. The zero-order valence-corrected chi connectivity index (χ0v) is 9.05. The predicted molar refractivity (Wildman–Crippen MR) is 59.6 cm³/mol. The number of carbonyl (C=O) groups is 1. The van der Waals surface area contributed by atoms with Crippen LogP contribution in [0.25, 0.3) is 10.9 Å². The summed E-state index contributed by atoms with van der Waals surface area (Å²) < 4.78 is 17.7. The van der Waals surface area contributed by atoms with Crippen LogP contribution in [-0.2, 0) is 4.79 Å². The molecule has 0 fully saturated rings. The maximum absolute atomic E-state index is 13.0. The molecule has 0 saturated carbocycles. The predicted octanol–water partition coefficient (Wildman–Crippen LogP) is 2.30. The molecule has 2 rings (SSSR count). The summed E-state index contributed by atoms with van der Waals surface area (Å²) in [6, 6.07) is 8.57. The van der Waals surface area contributed by atoms with Crippen LogP contribution in [-0.4, -0.2) is 22.4 Å². The van der Waals surface area contributed by atoms with Gasteiger partial charge in [0.15, 0.2) is 0 Å². The molecule has 1 aromatic heterocycles. The van der Waals surface area contributed by atoms with E-state index in [1.807, 2.05) is 12.1 Å². The highest BCUT2D eigenvalue weighted by Gasteiger charge is 2.18. The van der Waals surface area contributed by atoms with Crippen molar-refractivity contribution in [2.45, 2.75) is 13.3 Å². The molecule has 0 radical (unpaired) electrons. The fourth-order valence-corrected chi connectivity index (χ4v) is 1.47. The quantitative estimate of drug-likeness (QED) is 0.886. The lowest BCUT2D eigenvalue weighted by atomic mass is 10.2. The number of carboxylic acids is 1. The van der Waals surface area contributed by atoms with Crippen LogP contribution in [0.2, 0.25) is 0 Å². The van der Waals surface area contributed by atoms with E-state index in [-0.39, 0.29) is 5.75 Å². The highest BCUT2D eigenvalue weighted by atomic mass is 19.1. The molecule has 1 aromatic carbocycles. The van der Waals surface area contributed by atoms with Crippen molar-refractivity contribution >= 4 is 16.9 Å². The average Bonchev–Trinajstić information content (AvgIpc) is 2.29. The van der Waals surface area contributed by atoms with E-state index < -0.39 is 12.3 Å². The summed E-state index contributed by atoms with van der Waals surface area (Å²) in [7, 11) is 0. The van der Waals surface area contributed by atoms with E-state index in [9.17, 15) is 9.18 Å². The number of nitrogens with zero attached hydrogens (tertiary/aromatic N) is 1. The molecule has 0 amide bonds. The van der Waals surface area contributed by atoms with Gasteiger partial charge in [-0.1, -0.05) is 18.2 Å². The second kappa shape index (κ2) is 4.37. The highest BCUT2D eigenvalue weighted by Crippen LogP contribution is 2.25. The van der Waals surface area contributed by atoms with Gasteiger partial charge in [0.25, 0.3) is 0 Å². The Hall–Kier alpha value is -2.17. The zero-order chi connectivity index (χ0) is 12.4. The molecule has 1 heterocycles. The number of ether oxygens (including phenoxy) is 1. The number of aliphatic carboxylic acids is 1. The molecule has 0 spiro atoms. The molecular weight excluding hydrogens is 225 g/mol. The molecule has 0 aliphatic rings. The van der Waals surface area contributed by atoms with Crippen LogP contribution in [0.4, 0.5) is 4.39 Å². The minimum atomic E-state index is -2.39. The van der Waals surface area contributed by atoms with Gasteiger partial charge < -0.3 is 9.84 Å². The summed E-state index contributed by atoms with van der Waals surface area (Å²) in [6.45, 7) is 1.79. The fourth-order valence-electron chi connectivity index (χ4n) is 1.47. The number of benzene rings is 1. The van der Waals surface area contributed by atoms with Crippen molar-refractivity contribution in [3.63, 3.8) is 0 Å². The van der Waals surface area contributed by atoms with Gasteiger partial charge in [0, 0.05) is 11.1 Å². The summed E-state index contributed by atoms with van der Waals surface area (Å²) in [5.74, 6) is -1.53. The Kier molecular flexibility index (Phi) is 2.91. The molecule has 4 nitrogen and oxygen atoms in total. The molecule has 88 valence electrons. The van der Waals surface area contributed by atoms with E-state index >= 15 is 0 Å². The lowest BCUT2D eigenvalue weighted by molar-refractivity contribution is -0.153. The Morgan fingerprint density at radius 1 is 1.41 bits per heavy atom.